The minimum Gasteiger partial charge on any atom is -0.398 e. The van der Waals surface area contributed by atoms with E-state index in [1.165, 1.54) is 23.5 Å². The number of rotatable bonds is 4. The van der Waals surface area contributed by atoms with Crippen molar-refractivity contribution in [3.63, 3.8) is 0 Å². The van der Waals surface area contributed by atoms with Gasteiger partial charge in [-0.05, 0) is 30.0 Å². The van der Waals surface area contributed by atoms with Crippen LogP contribution in [0.15, 0.2) is 11.4 Å². The normalized spacial score (nSPS) is 21.6. The zero-order valence-corrected chi connectivity index (χ0v) is 9.79. The highest BCUT2D eigenvalue weighted by atomic mass is 32.2. The van der Waals surface area contributed by atoms with Gasteiger partial charge in [0.2, 0.25) is 0 Å². The Morgan fingerprint density at radius 3 is 3.14 bits per heavy atom. The fourth-order valence-electron chi connectivity index (χ4n) is 1.65. The van der Waals surface area contributed by atoms with Crippen LogP contribution in [-0.4, -0.2) is 17.5 Å². The van der Waals surface area contributed by atoms with Crippen molar-refractivity contribution in [1.29, 1.82) is 0 Å². The molecule has 1 unspecified atom stereocenters. The van der Waals surface area contributed by atoms with Crippen LogP contribution < -0.4 is 11.1 Å². The minimum absolute atomic E-state index is 0.830. The molecule has 1 aliphatic heterocycles. The monoisotopic (exact) mass is 228 g/mol. The van der Waals surface area contributed by atoms with Crippen molar-refractivity contribution in [3.8, 4) is 0 Å². The number of nitrogens with two attached hydrogens (primary N) is 1. The summed E-state index contributed by atoms with van der Waals surface area (Å²) in [6.45, 7) is 2.06. The van der Waals surface area contributed by atoms with Crippen molar-refractivity contribution in [1.82, 2.24) is 5.32 Å². The lowest BCUT2D eigenvalue weighted by Gasteiger charge is -2.09. The van der Waals surface area contributed by atoms with Gasteiger partial charge in [0.05, 0.1) is 0 Å². The van der Waals surface area contributed by atoms with E-state index in [9.17, 15) is 0 Å². The second kappa shape index (κ2) is 5.05. The summed E-state index contributed by atoms with van der Waals surface area (Å²) in [4.78, 5) is 1.27. The highest BCUT2D eigenvalue weighted by Crippen LogP contribution is 2.25. The third-order valence-corrected chi connectivity index (χ3v) is 4.80. The average molecular weight is 228 g/mol. The van der Waals surface area contributed by atoms with Gasteiger partial charge in [-0.1, -0.05) is 0 Å². The third kappa shape index (κ3) is 2.65. The number of hydrogen-bond donors (Lipinski definition) is 2. The zero-order valence-electron chi connectivity index (χ0n) is 8.16. The molecule has 0 aromatic carbocycles. The van der Waals surface area contributed by atoms with Crippen LogP contribution in [0.3, 0.4) is 0 Å². The van der Waals surface area contributed by atoms with Gasteiger partial charge in [-0.25, -0.2) is 0 Å². The first-order valence-corrected chi connectivity index (χ1v) is 6.93. The summed E-state index contributed by atoms with van der Waals surface area (Å²) >= 11 is 3.83. The molecule has 1 aromatic rings. The van der Waals surface area contributed by atoms with E-state index in [1.807, 2.05) is 6.07 Å². The molecule has 2 rings (SSSR count). The van der Waals surface area contributed by atoms with Crippen molar-refractivity contribution in [2.75, 3.05) is 18.0 Å². The molecule has 14 heavy (non-hydrogen) atoms. The van der Waals surface area contributed by atoms with Gasteiger partial charge in [-0.15, -0.1) is 11.3 Å². The Morgan fingerprint density at radius 1 is 1.57 bits per heavy atom. The molecule has 1 aromatic heterocycles. The largest absolute Gasteiger partial charge is 0.398 e. The molecule has 2 heterocycles. The molecule has 0 radical (unpaired) electrons. The van der Waals surface area contributed by atoms with Gasteiger partial charge in [0.1, 0.15) is 0 Å². The molecule has 1 aliphatic rings. The maximum Gasteiger partial charge on any atom is 0.0468 e. The second-order valence-corrected chi connectivity index (χ2v) is 5.97. The van der Waals surface area contributed by atoms with Crippen molar-refractivity contribution < 1.29 is 0 Å². The first kappa shape index (κ1) is 10.3. The maximum absolute atomic E-state index is 5.80. The second-order valence-electron chi connectivity index (χ2n) is 3.57. The molecule has 3 N–H and O–H groups in total. The molecule has 4 heteroatoms. The van der Waals surface area contributed by atoms with Crippen LogP contribution in [0.2, 0.25) is 0 Å². The lowest BCUT2D eigenvalue weighted by molar-refractivity contribution is 0.651. The molecule has 0 aliphatic carbocycles. The van der Waals surface area contributed by atoms with Gasteiger partial charge in [-0.2, -0.15) is 11.8 Å². The van der Waals surface area contributed by atoms with Crippen molar-refractivity contribution >= 4 is 28.8 Å². The first-order valence-electron chi connectivity index (χ1n) is 5.00. The standard InChI is InChI=1S/C10H16N2S2/c11-9-3-5-14-10(9)7-12-6-8-2-1-4-13-8/h3,5,8,12H,1-2,4,6-7,11H2. The highest BCUT2D eigenvalue weighted by Gasteiger charge is 2.14. The summed E-state index contributed by atoms with van der Waals surface area (Å²) in [5.74, 6) is 1.34. The SMILES string of the molecule is Nc1ccsc1CNCC1CCCS1. The van der Waals surface area contributed by atoms with E-state index in [-0.39, 0.29) is 0 Å². The highest BCUT2D eigenvalue weighted by molar-refractivity contribution is 8.00. The molecule has 2 nitrogen and oxygen atoms in total. The molecule has 78 valence electrons. The lowest BCUT2D eigenvalue weighted by Crippen LogP contribution is -2.22. The number of nitrogens with one attached hydrogen (secondary N) is 1. The minimum atomic E-state index is 0.830. The number of thiophene rings is 1. The maximum atomic E-state index is 5.80. The molecule has 1 atom stereocenters. The Morgan fingerprint density at radius 2 is 2.50 bits per heavy atom. The van der Waals surface area contributed by atoms with Crippen LogP contribution in [0.25, 0.3) is 0 Å². The van der Waals surface area contributed by atoms with Gasteiger partial charge < -0.3 is 11.1 Å². The molecule has 0 bridgehead atoms. The summed E-state index contributed by atoms with van der Waals surface area (Å²) in [5, 5.41) is 6.36. The molecular formula is C10H16N2S2. The molecular weight excluding hydrogens is 212 g/mol. The summed E-state index contributed by atoms with van der Waals surface area (Å²) in [6.07, 6.45) is 2.76. The molecule has 0 saturated carbocycles. The van der Waals surface area contributed by atoms with Crippen LogP contribution in [-0.2, 0) is 6.54 Å². The van der Waals surface area contributed by atoms with Crippen LogP contribution in [0.4, 0.5) is 5.69 Å². The Bertz CT molecular complexity index is 279. The van der Waals surface area contributed by atoms with Gasteiger partial charge in [0, 0.05) is 28.9 Å². The summed E-state index contributed by atoms with van der Waals surface area (Å²) in [5.41, 5.74) is 6.73. The molecule has 0 spiro atoms. The van der Waals surface area contributed by atoms with Crippen molar-refractivity contribution in [3.05, 3.63) is 16.3 Å². The quantitative estimate of drug-likeness (QED) is 0.830. The number of nitrogen functional groups attached to an aromatic ring is 1. The number of thioether (sulfide) groups is 1. The van der Waals surface area contributed by atoms with E-state index < -0.39 is 0 Å². The third-order valence-electron chi connectivity index (χ3n) is 2.46. The fraction of sp³-hybridized carbons (Fsp3) is 0.600. The van der Waals surface area contributed by atoms with E-state index in [0.29, 0.717) is 0 Å². The van der Waals surface area contributed by atoms with E-state index in [4.69, 9.17) is 5.73 Å². The molecule has 1 fully saturated rings. The Hall–Kier alpha value is -0.190. The van der Waals surface area contributed by atoms with Crippen LogP contribution in [0.1, 0.15) is 17.7 Å². The van der Waals surface area contributed by atoms with Crippen molar-refractivity contribution in [2.24, 2.45) is 0 Å². The van der Waals surface area contributed by atoms with Crippen LogP contribution in [0, 0.1) is 0 Å². The first-order chi connectivity index (χ1) is 6.86. The van der Waals surface area contributed by atoms with E-state index in [1.54, 1.807) is 11.3 Å². The predicted molar refractivity (Wildman–Crippen MR) is 65.9 cm³/mol. The van der Waals surface area contributed by atoms with E-state index >= 15 is 0 Å². The van der Waals surface area contributed by atoms with Crippen molar-refractivity contribution in [2.45, 2.75) is 24.6 Å². The lowest BCUT2D eigenvalue weighted by atomic mass is 10.2. The number of anilines is 1. The van der Waals surface area contributed by atoms with E-state index in [2.05, 4.69) is 22.5 Å². The number of hydrogen-bond acceptors (Lipinski definition) is 4. The average Bonchev–Trinajstić information content (AvgIpc) is 2.78. The van der Waals surface area contributed by atoms with Gasteiger partial charge in [-0.3, -0.25) is 0 Å². The fourth-order valence-corrected chi connectivity index (χ4v) is 3.65. The Labute approximate surface area is 93.3 Å². The summed E-state index contributed by atoms with van der Waals surface area (Å²) in [7, 11) is 0. The summed E-state index contributed by atoms with van der Waals surface area (Å²) < 4.78 is 0. The Kier molecular flexibility index (Phi) is 3.73. The molecule has 0 amide bonds. The van der Waals surface area contributed by atoms with Crippen LogP contribution in [0.5, 0.6) is 0 Å². The Balaban J connectivity index is 1.70. The van der Waals surface area contributed by atoms with Gasteiger partial charge in [0.15, 0.2) is 0 Å². The van der Waals surface area contributed by atoms with Gasteiger partial charge in [0.25, 0.3) is 0 Å². The van der Waals surface area contributed by atoms with Crippen LogP contribution >= 0.6 is 23.1 Å². The van der Waals surface area contributed by atoms with Gasteiger partial charge >= 0.3 is 0 Å². The van der Waals surface area contributed by atoms with E-state index in [0.717, 1.165) is 24.0 Å². The molecule has 1 saturated heterocycles. The topological polar surface area (TPSA) is 38.0 Å². The summed E-state index contributed by atoms with van der Waals surface area (Å²) in [6, 6.07) is 1.98. The smallest absolute Gasteiger partial charge is 0.0468 e. The zero-order chi connectivity index (χ0) is 9.80. The predicted octanol–water partition coefficient (Wildman–Crippen LogP) is 2.32.